The molecule has 8 nitrogen and oxygen atoms in total. The highest BCUT2D eigenvalue weighted by Crippen LogP contribution is 2.32. The number of nitrogens with one attached hydrogen (secondary N) is 1. The van der Waals surface area contributed by atoms with Gasteiger partial charge >= 0.3 is 0 Å². The van der Waals surface area contributed by atoms with Gasteiger partial charge in [0.05, 0.1) is 36.8 Å². The van der Waals surface area contributed by atoms with Gasteiger partial charge in [0.1, 0.15) is 12.3 Å². The molecule has 0 aromatic heterocycles. The summed E-state index contributed by atoms with van der Waals surface area (Å²) in [6.45, 7) is 2.04. The van der Waals surface area contributed by atoms with Crippen LogP contribution >= 0.6 is 35.1 Å². The summed E-state index contributed by atoms with van der Waals surface area (Å²) in [5.41, 5.74) is 1.13. The Labute approximate surface area is 218 Å². The Morgan fingerprint density at radius 1 is 1.17 bits per heavy atom. The number of morpholine rings is 1. The van der Waals surface area contributed by atoms with Crippen LogP contribution in [0.3, 0.4) is 0 Å². The number of rotatable bonds is 6. The molecule has 2 fully saturated rings. The van der Waals surface area contributed by atoms with Crippen LogP contribution in [0.1, 0.15) is 15.9 Å². The lowest BCUT2D eigenvalue weighted by Crippen LogP contribution is -2.40. The maximum absolute atomic E-state index is 13.4. The number of methoxy groups -OCH3 is 1. The van der Waals surface area contributed by atoms with Crippen molar-refractivity contribution in [2.75, 3.05) is 46.5 Å². The van der Waals surface area contributed by atoms with Crippen molar-refractivity contribution >= 4 is 52.9 Å². The van der Waals surface area contributed by atoms with Gasteiger partial charge < -0.3 is 19.7 Å². The highest BCUT2D eigenvalue weighted by atomic mass is 35.5. The van der Waals surface area contributed by atoms with Crippen LogP contribution in [0.25, 0.3) is 0 Å². The first-order chi connectivity index (χ1) is 16.9. The van der Waals surface area contributed by atoms with Gasteiger partial charge in [-0.15, -0.1) is 0 Å². The molecule has 0 aliphatic carbocycles. The van der Waals surface area contributed by atoms with Crippen molar-refractivity contribution in [1.82, 2.24) is 14.5 Å². The third-order valence-corrected chi connectivity index (χ3v) is 7.38. The Morgan fingerprint density at radius 3 is 2.69 bits per heavy atom. The minimum absolute atomic E-state index is 0.109. The van der Waals surface area contributed by atoms with Crippen LogP contribution in [0.5, 0.6) is 5.75 Å². The van der Waals surface area contributed by atoms with E-state index in [1.54, 1.807) is 48.4 Å². The maximum Gasteiger partial charge on any atom is 0.255 e. The molecule has 2 aliphatic rings. The zero-order valence-electron chi connectivity index (χ0n) is 19.1. The Balaban J connectivity index is 1.54. The van der Waals surface area contributed by atoms with Crippen LogP contribution in [0.2, 0.25) is 10.0 Å². The zero-order valence-corrected chi connectivity index (χ0v) is 21.4. The third-order valence-electron chi connectivity index (χ3n) is 5.82. The molecule has 3 amide bonds. The molecule has 1 N–H and O–H groups in total. The van der Waals surface area contributed by atoms with Crippen molar-refractivity contribution in [3.8, 4) is 5.75 Å². The first-order valence-electron chi connectivity index (χ1n) is 11.1. The molecule has 2 aromatic rings. The molecule has 2 aromatic carbocycles. The van der Waals surface area contributed by atoms with Crippen LogP contribution in [0.15, 0.2) is 41.3 Å². The number of amides is 3. The average molecular weight is 538 g/mol. The van der Waals surface area contributed by atoms with Crippen molar-refractivity contribution in [2.45, 2.75) is 11.3 Å². The standard InChI is InChI=1S/C24H25Cl2N3O5S/c1-33-21-5-2-17(25)11-15(21)10-16-13-27-22(30)14-29(23(16)31)35-18-3-4-20(26)19(12-18)24(32)28-6-8-34-9-7-28/h2-5,11-12,16H,6-10,13-14H2,1H3,(H,27,30). The lowest BCUT2D eigenvalue weighted by Gasteiger charge is -2.27. The zero-order chi connectivity index (χ0) is 24.9. The number of benzene rings is 2. The van der Waals surface area contributed by atoms with E-state index in [4.69, 9.17) is 32.7 Å². The number of carbonyl (C=O) groups excluding carboxylic acids is 3. The Kier molecular flexibility index (Phi) is 8.43. The van der Waals surface area contributed by atoms with E-state index in [0.29, 0.717) is 59.0 Å². The Bertz CT molecular complexity index is 1130. The van der Waals surface area contributed by atoms with Gasteiger partial charge in [-0.25, -0.2) is 0 Å². The third kappa shape index (κ3) is 6.22. The van der Waals surface area contributed by atoms with Gasteiger partial charge in [-0.1, -0.05) is 23.2 Å². The number of nitrogens with zero attached hydrogens (tertiary/aromatic N) is 2. The fourth-order valence-corrected chi connectivity index (χ4v) is 5.36. The predicted octanol–water partition coefficient (Wildman–Crippen LogP) is 3.30. The van der Waals surface area contributed by atoms with Gasteiger partial charge in [-0.3, -0.25) is 18.7 Å². The fourth-order valence-electron chi connectivity index (χ4n) is 3.99. The highest BCUT2D eigenvalue weighted by molar-refractivity contribution is 7.97. The smallest absolute Gasteiger partial charge is 0.255 e. The molecular weight excluding hydrogens is 513 g/mol. The molecule has 186 valence electrons. The first kappa shape index (κ1) is 25.6. The minimum Gasteiger partial charge on any atom is -0.496 e. The predicted molar refractivity (Wildman–Crippen MR) is 134 cm³/mol. The van der Waals surface area contributed by atoms with Crippen LogP contribution in [-0.2, 0) is 20.7 Å². The molecule has 0 bridgehead atoms. The van der Waals surface area contributed by atoms with Crippen LogP contribution in [0.4, 0.5) is 0 Å². The van der Waals surface area contributed by atoms with Gasteiger partial charge in [0.25, 0.3) is 5.91 Å². The summed E-state index contributed by atoms with van der Waals surface area (Å²) in [4.78, 5) is 41.1. The van der Waals surface area contributed by atoms with Crippen molar-refractivity contribution < 1.29 is 23.9 Å². The van der Waals surface area contributed by atoms with Gasteiger partial charge in [-0.05, 0) is 60.3 Å². The van der Waals surface area contributed by atoms with Gasteiger partial charge in [0.15, 0.2) is 0 Å². The molecule has 11 heteroatoms. The van der Waals surface area contributed by atoms with E-state index in [9.17, 15) is 14.4 Å². The number of carbonyl (C=O) groups is 3. The lowest BCUT2D eigenvalue weighted by molar-refractivity contribution is -0.131. The normalized spacial score (nSPS) is 18.8. The average Bonchev–Trinajstić information content (AvgIpc) is 2.99. The molecule has 1 atom stereocenters. The van der Waals surface area contributed by atoms with E-state index < -0.39 is 5.92 Å². The van der Waals surface area contributed by atoms with Crippen molar-refractivity contribution in [3.05, 3.63) is 57.6 Å². The van der Waals surface area contributed by atoms with Gasteiger partial charge in [-0.2, -0.15) is 0 Å². The first-order valence-corrected chi connectivity index (χ1v) is 12.6. The minimum atomic E-state index is -0.511. The molecule has 0 saturated carbocycles. The van der Waals surface area contributed by atoms with E-state index in [2.05, 4.69) is 5.32 Å². The largest absolute Gasteiger partial charge is 0.496 e. The SMILES string of the molecule is COc1ccc(Cl)cc1CC1CNC(=O)CN(Sc2ccc(Cl)c(C(=O)N3CCOCC3)c2)C1=O. The summed E-state index contributed by atoms with van der Waals surface area (Å²) >= 11 is 13.6. The van der Waals surface area contributed by atoms with Crippen molar-refractivity contribution in [2.24, 2.45) is 5.92 Å². The van der Waals surface area contributed by atoms with Gasteiger partial charge in [0.2, 0.25) is 11.8 Å². The van der Waals surface area contributed by atoms with Crippen LogP contribution in [-0.4, -0.2) is 73.4 Å². The molecule has 1 unspecified atom stereocenters. The summed E-state index contributed by atoms with van der Waals surface area (Å²) in [6.07, 6.45) is 0.349. The number of ether oxygens (including phenoxy) is 2. The van der Waals surface area contributed by atoms with Crippen molar-refractivity contribution in [1.29, 1.82) is 0 Å². The van der Waals surface area contributed by atoms with Crippen LogP contribution in [0, 0.1) is 5.92 Å². The summed E-state index contributed by atoms with van der Waals surface area (Å²) in [5, 5.41) is 3.68. The molecule has 4 rings (SSSR count). The summed E-state index contributed by atoms with van der Waals surface area (Å²) in [7, 11) is 1.56. The summed E-state index contributed by atoms with van der Waals surface area (Å²) < 4.78 is 12.2. The Morgan fingerprint density at radius 2 is 1.94 bits per heavy atom. The van der Waals surface area contributed by atoms with E-state index in [1.165, 1.54) is 4.31 Å². The fraction of sp³-hybridized carbons (Fsp3) is 0.375. The molecule has 0 spiro atoms. The molecule has 2 saturated heterocycles. The molecule has 2 aliphatic heterocycles. The Hall–Kier alpha value is -2.46. The van der Waals surface area contributed by atoms with Gasteiger partial charge in [0, 0.05) is 29.6 Å². The molecule has 2 heterocycles. The second kappa shape index (κ2) is 11.5. The molecule has 0 radical (unpaired) electrons. The second-order valence-electron chi connectivity index (χ2n) is 8.17. The second-order valence-corrected chi connectivity index (χ2v) is 10.1. The quantitative estimate of drug-likeness (QED) is 0.568. The number of halogens is 2. The number of hydrogen-bond acceptors (Lipinski definition) is 6. The van der Waals surface area contributed by atoms with E-state index in [1.807, 2.05) is 0 Å². The van der Waals surface area contributed by atoms with Crippen molar-refractivity contribution in [3.63, 3.8) is 0 Å². The molecule has 35 heavy (non-hydrogen) atoms. The number of hydrogen-bond donors (Lipinski definition) is 1. The summed E-state index contributed by atoms with van der Waals surface area (Å²) in [6, 6.07) is 10.3. The monoisotopic (exact) mass is 537 g/mol. The maximum atomic E-state index is 13.4. The highest BCUT2D eigenvalue weighted by Gasteiger charge is 2.32. The van der Waals surface area contributed by atoms with E-state index >= 15 is 0 Å². The van der Waals surface area contributed by atoms with E-state index in [0.717, 1.165) is 17.5 Å². The van der Waals surface area contributed by atoms with Crippen LogP contribution < -0.4 is 10.1 Å². The molecular formula is C24H25Cl2N3O5S. The topological polar surface area (TPSA) is 88.2 Å². The van der Waals surface area contributed by atoms with E-state index in [-0.39, 0.29) is 30.8 Å². The summed E-state index contributed by atoms with van der Waals surface area (Å²) in [5.74, 6) is -0.535. The lowest BCUT2D eigenvalue weighted by atomic mass is 9.98.